The van der Waals surface area contributed by atoms with Crippen molar-refractivity contribution in [3.63, 3.8) is 0 Å². The fourth-order valence-electron chi connectivity index (χ4n) is 2.25. The minimum Gasteiger partial charge on any atom is -0.305 e. The summed E-state index contributed by atoms with van der Waals surface area (Å²) in [6.45, 7) is 4.16. The molecule has 0 bridgehead atoms. The maximum absolute atomic E-state index is 13.3. The molecule has 1 aliphatic rings. The summed E-state index contributed by atoms with van der Waals surface area (Å²) in [5.74, 6) is 0.123. The highest BCUT2D eigenvalue weighted by molar-refractivity contribution is 6.30. The molecular formula is C12H15ClFN. The summed E-state index contributed by atoms with van der Waals surface area (Å²) in [7, 11) is 2.10. The van der Waals surface area contributed by atoms with Crippen LogP contribution in [0.3, 0.4) is 0 Å². The first kappa shape index (κ1) is 10.9. The number of likely N-dealkylation sites (N-methyl/N-ethyl adjacent to an activating group) is 1. The summed E-state index contributed by atoms with van der Waals surface area (Å²) < 4.78 is 13.3. The molecule has 1 aromatic carbocycles. The Bertz CT molecular complexity index is 378. The highest BCUT2D eigenvalue weighted by Gasteiger charge is 2.19. The van der Waals surface area contributed by atoms with E-state index in [0.717, 1.165) is 25.1 Å². The normalized spacial score (nSPS) is 22.3. The minimum atomic E-state index is -0.299. The zero-order valence-corrected chi connectivity index (χ0v) is 9.81. The average molecular weight is 228 g/mol. The number of rotatable bonds is 0. The summed E-state index contributed by atoms with van der Waals surface area (Å²) in [5.41, 5.74) is 2.31. The quantitative estimate of drug-likeness (QED) is 0.659. The van der Waals surface area contributed by atoms with E-state index in [0.29, 0.717) is 5.92 Å². The number of halogens is 2. The van der Waals surface area contributed by atoms with Gasteiger partial charge in [0.15, 0.2) is 0 Å². The lowest BCUT2D eigenvalue weighted by atomic mass is 9.95. The third-order valence-electron chi connectivity index (χ3n) is 3.06. The van der Waals surface area contributed by atoms with Crippen LogP contribution in [0, 0.1) is 5.82 Å². The van der Waals surface area contributed by atoms with Crippen LogP contribution in [0.5, 0.6) is 0 Å². The molecule has 1 aromatic rings. The molecule has 2 rings (SSSR count). The number of nitrogens with zero attached hydrogens (tertiary/aromatic N) is 1. The Labute approximate surface area is 94.8 Å². The van der Waals surface area contributed by atoms with Crippen molar-refractivity contribution in [2.24, 2.45) is 0 Å². The van der Waals surface area contributed by atoms with Crippen molar-refractivity contribution in [1.82, 2.24) is 4.90 Å². The molecule has 0 N–H and O–H groups in total. The Morgan fingerprint density at radius 2 is 2.20 bits per heavy atom. The second-order valence-corrected chi connectivity index (χ2v) is 4.79. The molecule has 0 amide bonds. The smallest absolute Gasteiger partial charge is 0.142 e. The summed E-state index contributed by atoms with van der Waals surface area (Å²) >= 11 is 5.81. The van der Waals surface area contributed by atoms with E-state index in [2.05, 4.69) is 18.9 Å². The predicted molar refractivity (Wildman–Crippen MR) is 61.0 cm³/mol. The van der Waals surface area contributed by atoms with Gasteiger partial charge in [-0.15, -0.1) is 0 Å². The Balaban J connectivity index is 2.45. The number of hydrogen-bond acceptors (Lipinski definition) is 1. The summed E-state index contributed by atoms with van der Waals surface area (Å²) in [6, 6.07) is 3.38. The van der Waals surface area contributed by atoms with Crippen LogP contribution in [0.15, 0.2) is 12.1 Å². The van der Waals surface area contributed by atoms with Crippen LogP contribution in [0.4, 0.5) is 4.39 Å². The van der Waals surface area contributed by atoms with Gasteiger partial charge in [0.2, 0.25) is 0 Å². The van der Waals surface area contributed by atoms with Gasteiger partial charge in [0.05, 0.1) is 5.02 Å². The Morgan fingerprint density at radius 3 is 2.93 bits per heavy atom. The predicted octanol–water partition coefficient (Wildman–Crippen LogP) is 3.07. The van der Waals surface area contributed by atoms with E-state index in [-0.39, 0.29) is 10.8 Å². The van der Waals surface area contributed by atoms with Gasteiger partial charge in [-0.3, -0.25) is 0 Å². The van der Waals surface area contributed by atoms with Gasteiger partial charge in [-0.25, -0.2) is 4.39 Å². The van der Waals surface area contributed by atoms with Crippen molar-refractivity contribution in [2.45, 2.75) is 19.3 Å². The Kier molecular flexibility index (Phi) is 2.98. The number of benzene rings is 1. The maximum Gasteiger partial charge on any atom is 0.142 e. The van der Waals surface area contributed by atoms with Crippen LogP contribution in [0.25, 0.3) is 0 Å². The Morgan fingerprint density at radius 1 is 1.47 bits per heavy atom. The van der Waals surface area contributed by atoms with Crippen molar-refractivity contribution >= 4 is 11.6 Å². The zero-order valence-electron chi connectivity index (χ0n) is 9.06. The first-order valence-corrected chi connectivity index (χ1v) is 5.62. The van der Waals surface area contributed by atoms with Crippen LogP contribution in [0.2, 0.25) is 5.02 Å². The monoisotopic (exact) mass is 227 g/mol. The lowest BCUT2D eigenvalue weighted by Crippen LogP contribution is -2.22. The van der Waals surface area contributed by atoms with Crippen LogP contribution in [0.1, 0.15) is 24.0 Å². The third-order valence-corrected chi connectivity index (χ3v) is 3.35. The largest absolute Gasteiger partial charge is 0.305 e. The molecule has 0 fully saturated rings. The molecule has 82 valence electrons. The molecule has 0 saturated carbocycles. The average Bonchev–Trinajstić information content (AvgIpc) is 2.30. The van der Waals surface area contributed by atoms with Gasteiger partial charge in [0, 0.05) is 13.1 Å². The highest BCUT2D eigenvalue weighted by atomic mass is 35.5. The van der Waals surface area contributed by atoms with Gasteiger partial charge in [-0.1, -0.05) is 18.5 Å². The first-order valence-electron chi connectivity index (χ1n) is 5.24. The standard InChI is InChI=1S/C12H15ClFN/c1-8-7-15(2)4-3-9-5-12(14)11(13)6-10(8)9/h5-6,8H,3-4,7H2,1-2H3. The summed E-state index contributed by atoms with van der Waals surface area (Å²) in [5, 5.41) is 0.241. The lowest BCUT2D eigenvalue weighted by molar-refractivity contribution is 0.332. The molecule has 1 unspecified atom stereocenters. The fraction of sp³-hybridized carbons (Fsp3) is 0.500. The molecule has 0 radical (unpaired) electrons. The zero-order chi connectivity index (χ0) is 11.0. The molecule has 0 aliphatic carbocycles. The molecule has 1 atom stereocenters. The van der Waals surface area contributed by atoms with Crippen LogP contribution < -0.4 is 0 Å². The number of fused-ring (bicyclic) bond motifs is 1. The van der Waals surface area contributed by atoms with Crippen molar-refractivity contribution in [2.75, 3.05) is 20.1 Å². The van der Waals surface area contributed by atoms with Crippen molar-refractivity contribution in [1.29, 1.82) is 0 Å². The molecular weight excluding hydrogens is 213 g/mol. The molecule has 3 heteroatoms. The summed E-state index contributed by atoms with van der Waals surface area (Å²) in [6.07, 6.45) is 0.907. The van der Waals surface area contributed by atoms with Crippen LogP contribution >= 0.6 is 11.6 Å². The van der Waals surface area contributed by atoms with E-state index >= 15 is 0 Å². The molecule has 0 saturated heterocycles. The third kappa shape index (κ3) is 2.16. The van der Waals surface area contributed by atoms with E-state index in [1.165, 1.54) is 5.56 Å². The van der Waals surface area contributed by atoms with E-state index in [1.54, 1.807) is 12.1 Å². The van der Waals surface area contributed by atoms with E-state index in [4.69, 9.17) is 11.6 Å². The van der Waals surface area contributed by atoms with Crippen LogP contribution in [-0.4, -0.2) is 25.0 Å². The van der Waals surface area contributed by atoms with Gasteiger partial charge in [-0.05, 0) is 42.6 Å². The molecule has 1 aliphatic heterocycles. The molecule has 0 aromatic heterocycles. The Hall–Kier alpha value is -0.600. The van der Waals surface area contributed by atoms with E-state index in [9.17, 15) is 4.39 Å². The van der Waals surface area contributed by atoms with Gasteiger partial charge in [0.1, 0.15) is 5.82 Å². The second kappa shape index (κ2) is 4.11. The van der Waals surface area contributed by atoms with Gasteiger partial charge < -0.3 is 4.90 Å². The number of hydrogen-bond donors (Lipinski definition) is 0. The van der Waals surface area contributed by atoms with Crippen molar-refractivity contribution in [3.8, 4) is 0 Å². The van der Waals surface area contributed by atoms with Crippen LogP contribution in [-0.2, 0) is 6.42 Å². The van der Waals surface area contributed by atoms with Gasteiger partial charge in [-0.2, -0.15) is 0 Å². The molecule has 15 heavy (non-hydrogen) atoms. The van der Waals surface area contributed by atoms with Crippen molar-refractivity contribution < 1.29 is 4.39 Å². The lowest BCUT2D eigenvalue weighted by Gasteiger charge is -2.17. The topological polar surface area (TPSA) is 3.24 Å². The highest BCUT2D eigenvalue weighted by Crippen LogP contribution is 2.29. The molecule has 1 nitrogen and oxygen atoms in total. The van der Waals surface area contributed by atoms with Gasteiger partial charge >= 0.3 is 0 Å². The first-order chi connectivity index (χ1) is 7.08. The fourth-order valence-corrected chi connectivity index (χ4v) is 2.42. The van der Waals surface area contributed by atoms with Gasteiger partial charge in [0.25, 0.3) is 0 Å². The molecule has 1 heterocycles. The maximum atomic E-state index is 13.3. The second-order valence-electron chi connectivity index (χ2n) is 4.38. The SMILES string of the molecule is CC1CN(C)CCc2cc(F)c(Cl)cc21. The van der Waals surface area contributed by atoms with E-state index < -0.39 is 0 Å². The molecule has 0 spiro atoms. The van der Waals surface area contributed by atoms with E-state index in [1.807, 2.05) is 0 Å². The summed E-state index contributed by atoms with van der Waals surface area (Å²) in [4.78, 5) is 2.27. The van der Waals surface area contributed by atoms with Crippen molar-refractivity contribution in [3.05, 3.63) is 34.1 Å². The minimum absolute atomic E-state index is 0.241.